The van der Waals surface area contributed by atoms with Gasteiger partial charge in [0, 0.05) is 35.9 Å². The molecule has 2 N–H and O–H groups in total. The fourth-order valence-corrected chi connectivity index (χ4v) is 4.38. The van der Waals surface area contributed by atoms with Crippen LogP contribution < -0.4 is 20.1 Å². The first kappa shape index (κ1) is 25.1. The van der Waals surface area contributed by atoms with Gasteiger partial charge in [-0.3, -0.25) is 4.79 Å². The van der Waals surface area contributed by atoms with Crippen molar-refractivity contribution in [1.82, 2.24) is 4.90 Å². The van der Waals surface area contributed by atoms with Crippen LogP contribution in [0.25, 0.3) is 0 Å². The highest BCUT2D eigenvalue weighted by Crippen LogP contribution is 2.28. The molecule has 7 heteroatoms. The van der Waals surface area contributed by atoms with Gasteiger partial charge in [-0.2, -0.15) is 0 Å². The topological polar surface area (TPSA) is 79.9 Å². The second-order valence-corrected chi connectivity index (χ2v) is 8.71. The molecule has 0 bridgehead atoms. The van der Waals surface area contributed by atoms with E-state index in [1.54, 1.807) is 0 Å². The number of hydrogen-bond donors (Lipinski definition) is 2. The summed E-state index contributed by atoms with van der Waals surface area (Å²) in [6.07, 6.45) is 1.88. The smallest absolute Gasteiger partial charge is 0.321 e. The molecule has 1 aliphatic heterocycles. The van der Waals surface area contributed by atoms with Crippen molar-refractivity contribution in [3.8, 4) is 11.5 Å². The third kappa shape index (κ3) is 6.56. The van der Waals surface area contributed by atoms with Crippen molar-refractivity contribution in [2.24, 2.45) is 0 Å². The van der Waals surface area contributed by atoms with E-state index in [0.717, 1.165) is 35.6 Å². The molecule has 1 heterocycles. The van der Waals surface area contributed by atoms with Crippen LogP contribution in [-0.4, -0.2) is 43.1 Å². The fourth-order valence-electron chi connectivity index (χ4n) is 4.38. The number of nitrogens with zero attached hydrogens (tertiary/aromatic N) is 1. The third-order valence-corrected chi connectivity index (χ3v) is 6.17. The number of rotatable bonds is 8. The van der Waals surface area contributed by atoms with Gasteiger partial charge in [0.1, 0.15) is 11.5 Å². The molecule has 1 aliphatic rings. The van der Waals surface area contributed by atoms with Crippen molar-refractivity contribution >= 4 is 23.3 Å². The standard InChI is InChI=1S/C29H33N3O4/c1-3-35-26-14-10-24(11-15-26)30-28(33)22-8-5-7-21(19-22)23-9-6-18-32(20-23)29(34)31-25-12-16-27(17-13-25)36-4-2/h5,7-8,10-17,19,23H,3-4,6,9,18,20H2,1-2H3,(H,30,33)(H,31,34)/t23-/m0/s1. The Hall–Kier alpha value is -4.00. The normalized spacial score (nSPS) is 15.2. The molecule has 4 rings (SSSR count). The van der Waals surface area contributed by atoms with E-state index in [2.05, 4.69) is 10.6 Å². The first-order valence-electron chi connectivity index (χ1n) is 12.5. The molecule has 0 aliphatic carbocycles. The van der Waals surface area contributed by atoms with Gasteiger partial charge in [0.2, 0.25) is 0 Å². The zero-order valence-corrected chi connectivity index (χ0v) is 20.8. The van der Waals surface area contributed by atoms with Gasteiger partial charge in [-0.15, -0.1) is 0 Å². The number of urea groups is 1. The van der Waals surface area contributed by atoms with Gasteiger partial charge in [-0.1, -0.05) is 12.1 Å². The zero-order chi connectivity index (χ0) is 25.3. The maximum atomic E-state index is 12.9. The summed E-state index contributed by atoms with van der Waals surface area (Å²) in [5.74, 6) is 1.55. The lowest BCUT2D eigenvalue weighted by Gasteiger charge is -2.33. The molecule has 0 saturated carbocycles. The van der Waals surface area contributed by atoms with E-state index < -0.39 is 0 Å². The van der Waals surface area contributed by atoms with Crippen molar-refractivity contribution in [2.75, 3.05) is 36.9 Å². The molecule has 0 radical (unpaired) electrons. The Morgan fingerprint density at radius 3 is 2.08 bits per heavy atom. The average molecular weight is 488 g/mol. The average Bonchev–Trinajstić information content (AvgIpc) is 2.91. The Labute approximate surface area is 212 Å². The summed E-state index contributed by atoms with van der Waals surface area (Å²) in [6.45, 7) is 6.38. The second-order valence-electron chi connectivity index (χ2n) is 8.71. The maximum absolute atomic E-state index is 12.9. The number of anilines is 2. The maximum Gasteiger partial charge on any atom is 0.321 e. The summed E-state index contributed by atoms with van der Waals surface area (Å²) in [5.41, 5.74) is 3.10. The summed E-state index contributed by atoms with van der Waals surface area (Å²) in [6, 6.07) is 22.3. The molecule has 0 aromatic heterocycles. The number of likely N-dealkylation sites (tertiary alicyclic amines) is 1. The van der Waals surface area contributed by atoms with Crippen LogP contribution in [-0.2, 0) is 0 Å². The van der Waals surface area contributed by atoms with Gasteiger partial charge in [-0.05, 0) is 92.9 Å². The van der Waals surface area contributed by atoms with Gasteiger partial charge >= 0.3 is 6.03 Å². The van der Waals surface area contributed by atoms with Crippen LogP contribution in [0.15, 0.2) is 72.8 Å². The quantitative estimate of drug-likeness (QED) is 0.400. The molecule has 0 spiro atoms. The Balaban J connectivity index is 1.37. The van der Waals surface area contributed by atoms with Crippen LogP contribution in [0.2, 0.25) is 0 Å². The number of carbonyl (C=O) groups is 2. The molecule has 3 amide bonds. The van der Waals surface area contributed by atoms with Gasteiger partial charge in [0.05, 0.1) is 13.2 Å². The highest BCUT2D eigenvalue weighted by Gasteiger charge is 2.25. The number of nitrogens with one attached hydrogen (secondary N) is 2. The second kappa shape index (κ2) is 12.1. The van der Waals surface area contributed by atoms with Gasteiger partial charge in [-0.25, -0.2) is 4.79 Å². The minimum absolute atomic E-state index is 0.117. The summed E-state index contributed by atoms with van der Waals surface area (Å²) < 4.78 is 10.9. The summed E-state index contributed by atoms with van der Waals surface area (Å²) in [7, 11) is 0. The highest BCUT2D eigenvalue weighted by atomic mass is 16.5. The van der Waals surface area contributed by atoms with E-state index in [4.69, 9.17) is 9.47 Å². The SMILES string of the molecule is CCOc1ccc(NC(=O)c2cccc([C@H]3CCCN(C(=O)Nc4ccc(OCC)cc4)C3)c2)cc1. The number of benzene rings is 3. The molecule has 1 atom stereocenters. The molecular formula is C29H33N3O4. The third-order valence-electron chi connectivity index (χ3n) is 6.17. The van der Waals surface area contributed by atoms with Crippen molar-refractivity contribution in [1.29, 1.82) is 0 Å². The Morgan fingerprint density at radius 2 is 1.47 bits per heavy atom. The summed E-state index contributed by atoms with van der Waals surface area (Å²) in [4.78, 5) is 27.6. The summed E-state index contributed by atoms with van der Waals surface area (Å²) in [5, 5.41) is 5.93. The number of ether oxygens (including phenoxy) is 2. The number of amides is 3. The molecule has 0 unspecified atom stereocenters. The molecule has 3 aromatic carbocycles. The highest BCUT2D eigenvalue weighted by molar-refractivity contribution is 6.04. The van der Waals surface area contributed by atoms with Gasteiger partial charge in [0.25, 0.3) is 5.91 Å². The zero-order valence-electron chi connectivity index (χ0n) is 20.8. The Kier molecular flexibility index (Phi) is 8.44. The molecule has 188 valence electrons. The van der Waals surface area contributed by atoms with Crippen molar-refractivity contribution in [2.45, 2.75) is 32.6 Å². The molecule has 36 heavy (non-hydrogen) atoms. The van der Waals surface area contributed by atoms with Crippen molar-refractivity contribution in [3.63, 3.8) is 0 Å². The van der Waals surface area contributed by atoms with E-state index >= 15 is 0 Å². The van der Waals surface area contributed by atoms with Gasteiger partial charge < -0.3 is 25.0 Å². The molecular weight excluding hydrogens is 454 g/mol. The van der Waals surface area contributed by atoms with Gasteiger partial charge in [0.15, 0.2) is 0 Å². The molecule has 1 fully saturated rings. The minimum Gasteiger partial charge on any atom is -0.494 e. The van der Waals surface area contributed by atoms with Crippen molar-refractivity contribution < 1.29 is 19.1 Å². The Morgan fingerprint density at radius 1 is 0.861 bits per heavy atom. The van der Waals surface area contributed by atoms with Crippen LogP contribution in [0.1, 0.15) is 48.5 Å². The lowest BCUT2D eigenvalue weighted by molar-refractivity contribution is 0.102. The van der Waals surface area contributed by atoms with Crippen LogP contribution >= 0.6 is 0 Å². The first-order valence-corrected chi connectivity index (χ1v) is 12.5. The lowest BCUT2D eigenvalue weighted by Crippen LogP contribution is -2.41. The van der Waals surface area contributed by atoms with E-state index in [1.165, 1.54) is 0 Å². The molecule has 1 saturated heterocycles. The first-order chi connectivity index (χ1) is 17.6. The van der Waals surface area contributed by atoms with E-state index in [1.807, 2.05) is 91.5 Å². The van der Waals surface area contributed by atoms with Crippen molar-refractivity contribution in [3.05, 3.63) is 83.9 Å². The van der Waals surface area contributed by atoms with E-state index in [0.29, 0.717) is 37.6 Å². The number of carbonyl (C=O) groups excluding carboxylic acids is 2. The largest absolute Gasteiger partial charge is 0.494 e. The summed E-state index contributed by atoms with van der Waals surface area (Å²) >= 11 is 0. The predicted molar refractivity (Wildman–Crippen MR) is 142 cm³/mol. The van der Waals surface area contributed by atoms with Crippen LogP contribution in [0.4, 0.5) is 16.2 Å². The molecule has 3 aromatic rings. The number of piperidine rings is 1. The van der Waals surface area contributed by atoms with Crippen LogP contribution in [0.3, 0.4) is 0 Å². The minimum atomic E-state index is -0.165. The van der Waals surface area contributed by atoms with E-state index in [9.17, 15) is 9.59 Å². The lowest BCUT2D eigenvalue weighted by atomic mass is 9.89. The Bertz CT molecular complexity index is 1160. The monoisotopic (exact) mass is 487 g/mol. The fraction of sp³-hybridized carbons (Fsp3) is 0.310. The van der Waals surface area contributed by atoms with E-state index in [-0.39, 0.29) is 17.9 Å². The molecule has 7 nitrogen and oxygen atoms in total. The van der Waals surface area contributed by atoms with Crippen LogP contribution in [0, 0.1) is 0 Å². The van der Waals surface area contributed by atoms with Crippen LogP contribution in [0.5, 0.6) is 11.5 Å². The number of hydrogen-bond acceptors (Lipinski definition) is 4. The predicted octanol–water partition coefficient (Wildman–Crippen LogP) is 6.15.